The molecule has 1 N–H and O–H groups in total. The van der Waals surface area contributed by atoms with Gasteiger partial charge >= 0.3 is 0 Å². The number of halogens is 1. The van der Waals surface area contributed by atoms with Gasteiger partial charge in [0.05, 0.1) is 3.57 Å². The van der Waals surface area contributed by atoms with Crippen molar-refractivity contribution in [3.8, 4) is 0 Å². The van der Waals surface area contributed by atoms with E-state index in [9.17, 15) is 0 Å². The molecule has 1 aromatic rings. The number of nitrogens with zero attached hydrogens (tertiary/aromatic N) is 2. The molecule has 0 spiro atoms. The average Bonchev–Trinajstić information content (AvgIpc) is 3.00. The fourth-order valence-electron chi connectivity index (χ4n) is 3.49. The number of anilines is 1. The summed E-state index contributed by atoms with van der Waals surface area (Å²) in [7, 11) is 0. The number of hydrogen-bond acceptors (Lipinski definition) is 3. The van der Waals surface area contributed by atoms with Crippen LogP contribution in [-0.2, 0) is 0 Å². The van der Waals surface area contributed by atoms with Gasteiger partial charge in [-0.2, -0.15) is 0 Å². The van der Waals surface area contributed by atoms with Crippen LogP contribution in [0.3, 0.4) is 0 Å². The Labute approximate surface area is 122 Å². The van der Waals surface area contributed by atoms with Gasteiger partial charge in [-0.3, -0.25) is 0 Å². The van der Waals surface area contributed by atoms with E-state index in [0.717, 1.165) is 40.0 Å². The van der Waals surface area contributed by atoms with E-state index in [0.29, 0.717) is 5.92 Å². The normalized spacial score (nSPS) is 29.8. The minimum absolute atomic E-state index is 0.628. The topological polar surface area (TPSA) is 37.8 Å². The summed E-state index contributed by atoms with van der Waals surface area (Å²) in [6, 6.07) is 0. The molecule has 2 saturated carbocycles. The van der Waals surface area contributed by atoms with Crippen LogP contribution in [0.4, 0.5) is 5.82 Å². The second-order valence-electron chi connectivity index (χ2n) is 5.63. The molecule has 3 nitrogen and oxygen atoms in total. The molecule has 98 valence electrons. The van der Waals surface area contributed by atoms with Crippen LogP contribution in [0.15, 0.2) is 6.20 Å². The predicted octanol–water partition coefficient (Wildman–Crippen LogP) is 3.81. The van der Waals surface area contributed by atoms with E-state index in [2.05, 4.69) is 39.8 Å². The average molecular weight is 357 g/mol. The molecule has 4 heteroatoms. The zero-order valence-electron chi connectivity index (χ0n) is 10.8. The van der Waals surface area contributed by atoms with Crippen molar-refractivity contribution in [2.24, 2.45) is 11.8 Å². The molecule has 1 aromatic heterocycles. The monoisotopic (exact) mass is 357 g/mol. The van der Waals surface area contributed by atoms with Crippen LogP contribution in [0.25, 0.3) is 0 Å². The van der Waals surface area contributed by atoms with Gasteiger partial charge in [-0.15, -0.1) is 0 Å². The summed E-state index contributed by atoms with van der Waals surface area (Å²) >= 11 is 2.32. The number of aromatic nitrogens is 2. The molecular weight excluding hydrogens is 337 g/mol. The first kappa shape index (κ1) is 12.6. The van der Waals surface area contributed by atoms with Crippen LogP contribution in [0.5, 0.6) is 0 Å². The van der Waals surface area contributed by atoms with Crippen LogP contribution in [-0.4, -0.2) is 16.5 Å². The smallest absolute Gasteiger partial charge is 0.143 e. The lowest BCUT2D eigenvalue weighted by atomic mass is 9.88. The maximum Gasteiger partial charge on any atom is 0.143 e. The summed E-state index contributed by atoms with van der Waals surface area (Å²) in [5.74, 6) is 4.55. The van der Waals surface area contributed by atoms with Crippen molar-refractivity contribution in [2.75, 3.05) is 11.9 Å². The zero-order chi connectivity index (χ0) is 12.5. The molecule has 0 aliphatic heterocycles. The third-order valence-electron chi connectivity index (χ3n) is 4.37. The highest BCUT2D eigenvalue weighted by atomic mass is 127. The van der Waals surface area contributed by atoms with Crippen molar-refractivity contribution in [1.29, 1.82) is 0 Å². The van der Waals surface area contributed by atoms with Crippen molar-refractivity contribution >= 4 is 28.4 Å². The number of nitrogens with one attached hydrogen (secondary N) is 1. The molecule has 0 amide bonds. The van der Waals surface area contributed by atoms with Gasteiger partial charge in [-0.05, 0) is 60.1 Å². The van der Waals surface area contributed by atoms with Crippen LogP contribution in [0.2, 0.25) is 0 Å². The van der Waals surface area contributed by atoms with Crippen molar-refractivity contribution in [3.05, 3.63) is 15.6 Å². The first-order valence-electron chi connectivity index (χ1n) is 7.04. The van der Waals surface area contributed by atoms with Crippen LogP contribution >= 0.6 is 22.6 Å². The first-order valence-corrected chi connectivity index (χ1v) is 8.12. The van der Waals surface area contributed by atoms with E-state index in [1.807, 2.05) is 6.20 Å². The van der Waals surface area contributed by atoms with Gasteiger partial charge in [-0.1, -0.05) is 13.3 Å². The van der Waals surface area contributed by atoms with Crippen molar-refractivity contribution < 1.29 is 0 Å². The Kier molecular flexibility index (Phi) is 3.73. The highest BCUT2D eigenvalue weighted by Crippen LogP contribution is 2.52. The summed E-state index contributed by atoms with van der Waals surface area (Å²) in [5.41, 5.74) is 0. The second kappa shape index (κ2) is 5.31. The summed E-state index contributed by atoms with van der Waals surface area (Å²) in [6.07, 6.45) is 8.67. The highest BCUT2D eigenvalue weighted by Gasteiger charge is 2.41. The van der Waals surface area contributed by atoms with E-state index in [-0.39, 0.29) is 0 Å². The molecule has 2 bridgehead atoms. The Morgan fingerprint density at radius 1 is 1.39 bits per heavy atom. The summed E-state index contributed by atoms with van der Waals surface area (Å²) in [5, 5.41) is 3.41. The summed E-state index contributed by atoms with van der Waals surface area (Å²) in [6.45, 7) is 3.17. The molecule has 18 heavy (non-hydrogen) atoms. The number of rotatable bonds is 4. The lowest BCUT2D eigenvalue weighted by Crippen LogP contribution is -2.14. The number of hydrogen-bond donors (Lipinski definition) is 1. The van der Waals surface area contributed by atoms with Crippen molar-refractivity contribution in [1.82, 2.24) is 9.97 Å². The fraction of sp³-hybridized carbons (Fsp3) is 0.714. The van der Waals surface area contributed by atoms with Gasteiger partial charge < -0.3 is 5.32 Å². The van der Waals surface area contributed by atoms with E-state index in [1.165, 1.54) is 25.7 Å². The molecule has 3 unspecified atom stereocenters. The Hall–Kier alpha value is -0.390. The SMILES string of the molecule is CCCNc1nc(C2CC3CCC2C3)ncc1I. The molecule has 0 saturated heterocycles. The molecule has 1 heterocycles. The summed E-state index contributed by atoms with van der Waals surface area (Å²) < 4.78 is 1.13. The van der Waals surface area contributed by atoms with Gasteiger partial charge in [0, 0.05) is 18.7 Å². The van der Waals surface area contributed by atoms with E-state index < -0.39 is 0 Å². The molecular formula is C14H20IN3. The molecule has 3 rings (SSSR count). The third-order valence-corrected chi connectivity index (χ3v) is 5.16. The molecule has 2 aliphatic carbocycles. The Morgan fingerprint density at radius 3 is 2.94 bits per heavy atom. The zero-order valence-corrected chi connectivity index (χ0v) is 13.0. The van der Waals surface area contributed by atoms with Crippen LogP contribution < -0.4 is 5.32 Å². The highest BCUT2D eigenvalue weighted by molar-refractivity contribution is 14.1. The molecule has 0 aromatic carbocycles. The Morgan fingerprint density at radius 2 is 2.28 bits per heavy atom. The second-order valence-corrected chi connectivity index (χ2v) is 6.80. The van der Waals surface area contributed by atoms with Gasteiger partial charge in [-0.25, -0.2) is 9.97 Å². The lowest BCUT2D eigenvalue weighted by molar-refractivity contribution is 0.405. The predicted molar refractivity (Wildman–Crippen MR) is 81.7 cm³/mol. The molecule has 2 fully saturated rings. The Balaban J connectivity index is 1.80. The van der Waals surface area contributed by atoms with Crippen molar-refractivity contribution in [3.63, 3.8) is 0 Å². The van der Waals surface area contributed by atoms with Crippen LogP contribution in [0, 0.1) is 15.4 Å². The molecule has 0 radical (unpaired) electrons. The fourth-order valence-corrected chi connectivity index (χ4v) is 3.94. The molecule has 3 atom stereocenters. The van der Waals surface area contributed by atoms with E-state index in [4.69, 9.17) is 4.98 Å². The van der Waals surface area contributed by atoms with Crippen molar-refractivity contribution in [2.45, 2.75) is 44.9 Å². The first-order chi connectivity index (χ1) is 8.78. The van der Waals surface area contributed by atoms with E-state index in [1.54, 1.807) is 0 Å². The Bertz CT molecular complexity index is 435. The third kappa shape index (κ3) is 2.36. The maximum absolute atomic E-state index is 4.78. The number of fused-ring (bicyclic) bond motifs is 2. The standard InChI is InChI=1S/C14H20IN3/c1-2-5-16-14-12(15)8-17-13(18-14)11-7-9-3-4-10(11)6-9/h8-11H,2-7H2,1H3,(H,16,17,18). The van der Waals surface area contributed by atoms with Gasteiger partial charge in [0.25, 0.3) is 0 Å². The van der Waals surface area contributed by atoms with Crippen LogP contribution in [0.1, 0.15) is 50.8 Å². The minimum Gasteiger partial charge on any atom is -0.369 e. The van der Waals surface area contributed by atoms with Gasteiger partial charge in [0.1, 0.15) is 11.6 Å². The lowest BCUT2D eigenvalue weighted by Gasteiger charge is -2.20. The largest absolute Gasteiger partial charge is 0.369 e. The maximum atomic E-state index is 4.78. The molecule has 2 aliphatic rings. The van der Waals surface area contributed by atoms with E-state index >= 15 is 0 Å². The van der Waals surface area contributed by atoms with Gasteiger partial charge in [0.15, 0.2) is 0 Å². The van der Waals surface area contributed by atoms with Gasteiger partial charge in [0.2, 0.25) is 0 Å². The quantitative estimate of drug-likeness (QED) is 0.833. The minimum atomic E-state index is 0.628. The summed E-state index contributed by atoms with van der Waals surface area (Å²) in [4.78, 5) is 9.37.